The number of alkyl carbamates (subject to hydrolysis) is 1. The molecule has 3 N–H and O–H groups in total. The molecule has 2 amide bonds. The van der Waals surface area contributed by atoms with Crippen LogP contribution in [0.5, 0.6) is 0 Å². The number of ether oxygens (including phenoxy) is 2. The molecule has 3 unspecified atom stereocenters. The molecule has 7 heteroatoms. The Morgan fingerprint density at radius 3 is 2.62 bits per heavy atom. The smallest absolute Gasteiger partial charge is 0.407 e. The number of nitrogens with one attached hydrogen (secondary N) is 2. The normalized spacial score (nSPS) is 23.3. The van der Waals surface area contributed by atoms with Crippen LogP contribution in [0.3, 0.4) is 0 Å². The first-order valence-electron chi connectivity index (χ1n) is 8.04. The summed E-state index contributed by atoms with van der Waals surface area (Å²) < 4.78 is 10.5. The molecule has 0 spiro atoms. The van der Waals surface area contributed by atoms with Gasteiger partial charge < -0.3 is 25.2 Å². The fraction of sp³-hybridized carbons (Fsp3) is 0.529. The van der Waals surface area contributed by atoms with Gasteiger partial charge in [0, 0.05) is 25.1 Å². The lowest BCUT2D eigenvalue weighted by molar-refractivity contribution is 0.0848. The average Bonchev–Trinajstić information content (AvgIpc) is 2.56. The number of carbonyl (C=O) groups is 2. The van der Waals surface area contributed by atoms with Crippen molar-refractivity contribution in [1.82, 2.24) is 10.6 Å². The molecule has 0 radical (unpaired) electrons. The highest BCUT2D eigenvalue weighted by atomic mass is 16.5. The van der Waals surface area contributed by atoms with E-state index in [1.165, 1.54) is 0 Å². The number of amides is 2. The molecule has 1 aliphatic rings. The predicted octanol–water partition coefficient (Wildman–Crippen LogP) is 2.36. The molecular formula is C17H24N2O5. The van der Waals surface area contributed by atoms with E-state index in [1.807, 2.05) is 30.3 Å². The summed E-state index contributed by atoms with van der Waals surface area (Å²) in [5, 5.41) is 14.2. The lowest BCUT2D eigenvalue weighted by Gasteiger charge is -2.35. The Kier molecular flexibility index (Phi) is 6.87. The molecule has 0 saturated heterocycles. The summed E-state index contributed by atoms with van der Waals surface area (Å²) >= 11 is 0. The summed E-state index contributed by atoms with van der Waals surface area (Å²) in [7, 11) is 1.60. The molecule has 0 heterocycles. The minimum Gasteiger partial charge on any atom is -0.465 e. The number of rotatable bonds is 6. The summed E-state index contributed by atoms with van der Waals surface area (Å²) in [5.41, 5.74) is 0.926. The van der Waals surface area contributed by atoms with Crippen LogP contribution in [-0.2, 0) is 16.1 Å². The molecule has 1 saturated carbocycles. The number of hydrogen-bond donors (Lipinski definition) is 3. The van der Waals surface area contributed by atoms with E-state index in [0.29, 0.717) is 25.9 Å². The van der Waals surface area contributed by atoms with E-state index in [9.17, 15) is 9.59 Å². The molecule has 0 bridgehead atoms. The van der Waals surface area contributed by atoms with Crippen molar-refractivity contribution in [3.63, 3.8) is 0 Å². The van der Waals surface area contributed by atoms with Crippen molar-refractivity contribution in [2.75, 3.05) is 13.7 Å². The Bertz CT molecular complexity index is 537. The standard InChI is InChI=1S/C17H24N2O5/c1-23-11-13-9-14(18-16(20)21)7-8-15(13)19-17(22)24-10-12-5-3-2-4-6-12/h2-6,13-15,18H,7-11H2,1H3,(H,19,22)(H,20,21). The van der Waals surface area contributed by atoms with Crippen molar-refractivity contribution in [3.05, 3.63) is 35.9 Å². The van der Waals surface area contributed by atoms with Gasteiger partial charge in [0.1, 0.15) is 6.61 Å². The van der Waals surface area contributed by atoms with Crippen molar-refractivity contribution >= 4 is 12.2 Å². The lowest BCUT2D eigenvalue weighted by atomic mass is 9.82. The van der Waals surface area contributed by atoms with Crippen molar-refractivity contribution < 1.29 is 24.2 Å². The van der Waals surface area contributed by atoms with Crippen LogP contribution in [0.2, 0.25) is 0 Å². The van der Waals surface area contributed by atoms with Crippen LogP contribution >= 0.6 is 0 Å². The highest BCUT2D eigenvalue weighted by molar-refractivity contribution is 5.67. The van der Waals surface area contributed by atoms with Crippen LogP contribution in [0, 0.1) is 5.92 Å². The average molecular weight is 336 g/mol. The molecule has 2 rings (SSSR count). The zero-order chi connectivity index (χ0) is 17.4. The minimum atomic E-state index is -1.02. The fourth-order valence-electron chi connectivity index (χ4n) is 3.07. The van der Waals surface area contributed by atoms with E-state index in [1.54, 1.807) is 7.11 Å². The molecule has 0 aliphatic heterocycles. The number of carboxylic acid groups (broad SMARTS) is 1. The van der Waals surface area contributed by atoms with Gasteiger partial charge in [0.25, 0.3) is 0 Å². The zero-order valence-corrected chi connectivity index (χ0v) is 13.7. The molecule has 1 aliphatic carbocycles. The third-order valence-electron chi connectivity index (χ3n) is 4.21. The monoisotopic (exact) mass is 336 g/mol. The highest BCUT2D eigenvalue weighted by Gasteiger charge is 2.32. The maximum absolute atomic E-state index is 12.0. The number of hydrogen-bond acceptors (Lipinski definition) is 4. The molecule has 7 nitrogen and oxygen atoms in total. The summed E-state index contributed by atoms with van der Waals surface area (Å²) in [6, 6.07) is 9.28. The van der Waals surface area contributed by atoms with E-state index in [0.717, 1.165) is 5.56 Å². The molecule has 1 fully saturated rings. The van der Waals surface area contributed by atoms with Crippen LogP contribution in [0.15, 0.2) is 30.3 Å². The van der Waals surface area contributed by atoms with Gasteiger partial charge in [-0.2, -0.15) is 0 Å². The predicted molar refractivity (Wildman–Crippen MR) is 87.7 cm³/mol. The number of benzene rings is 1. The number of carbonyl (C=O) groups excluding carboxylic acids is 1. The second-order valence-corrected chi connectivity index (χ2v) is 5.99. The van der Waals surface area contributed by atoms with E-state index in [4.69, 9.17) is 14.6 Å². The molecular weight excluding hydrogens is 312 g/mol. The van der Waals surface area contributed by atoms with Gasteiger partial charge in [-0.05, 0) is 24.8 Å². The Balaban J connectivity index is 1.83. The number of methoxy groups -OCH3 is 1. The zero-order valence-electron chi connectivity index (χ0n) is 13.7. The summed E-state index contributed by atoms with van der Waals surface area (Å²) in [6.07, 6.45) is 0.499. The Morgan fingerprint density at radius 1 is 1.21 bits per heavy atom. The maximum atomic E-state index is 12.0. The third-order valence-corrected chi connectivity index (χ3v) is 4.21. The van der Waals surface area contributed by atoms with Crippen LogP contribution in [0.4, 0.5) is 9.59 Å². The molecule has 1 aromatic rings. The van der Waals surface area contributed by atoms with E-state index < -0.39 is 12.2 Å². The first kappa shape index (κ1) is 18.1. The van der Waals surface area contributed by atoms with Crippen molar-refractivity contribution in [2.24, 2.45) is 5.92 Å². The van der Waals surface area contributed by atoms with Crippen molar-refractivity contribution in [3.8, 4) is 0 Å². The topological polar surface area (TPSA) is 96.9 Å². The van der Waals surface area contributed by atoms with Crippen LogP contribution < -0.4 is 10.6 Å². The highest BCUT2D eigenvalue weighted by Crippen LogP contribution is 2.25. The van der Waals surface area contributed by atoms with Gasteiger partial charge in [-0.25, -0.2) is 9.59 Å². The van der Waals surface area contributed by atoms with Crippen LogP contribution in [-0.4, -0.2) is 43.1 Å². The molecule has 132 valence electrons. The van der Waals surface area contributed by atoms with Gasteiger partial charge in [0.2, 0.25) is 0 Å². The molecule has 0 aromatic heterocycles. The van der Waals surface area contributed by atoms with E-state index in [2.05, 4.69) is 10.6 Å². The first-order valence-corrected chi connectivity index (χ1v) is 8.04. The second kappa shape index (κ2) is 9.12. The molecule has 24 heavy (non-hydrogen) atoms. The van der Waals surface area contributed by atoms with Crippen molar-refractivity contribution in [2.45, 2.75) is 38.0 Å². The Labute approximate surface area is 141 Å². The van der Waals surface area contributed by atoms with Gasteiger partial charge in [-0.3, -0.25) is 0 Å². The maximum Gasteiger partial charge on any atom is 0.407 e. The summed E-state index contributed by atoms with van der Waals surface area (Å²) in [4.78, 5) is 22.8. The van der Waals surface area contributed by atoms with Gasteiger partial charge in [0.15, 0.2) is 0 Å². The van der Waals surface area contributed by atoms with E-state index >= 15 is 0 Å². The molecule has 1 aromatic carbocycles. The van der Waals surface area contributed by atoms with Gasteiger partial charge >= 0.3 is 12.2 Å². The van der Waals surface area contributed by atoms with Crippen molar-refractivity contribution in [1.29, 1.82) is 0 Å². The largest absolute Gasteiger partial charge is 0.465 e. The van der Waals surface area contributed by atoms with Gasteiger partial charge in [0.05, 0.1) is 6.61 Å². The summed E-state index contributed by atoms with van der Waals surface area (Å²) in [6.45, 7) is 0.680. The Morgan fingerprint density at radius 2 is 1.96 bits per heavy atom. The quantitative estimate of drug-likeness (QED) is 0.741. The first-order chi connectivity index (χ1) is 11.6. The van der Waals surface area contributed by atoms with Gasteiger partial charge in [-0.15, -0.1) is 0 Å². The summed E-state index contributed by atoms with van der Waals surface area (Å²) in [5.74, 6) is 0.0462. The minimum absolute atomic E-state index is 0.0462. The molecule has 3 atom stereocenters. The third kappa shape index (κ3) is 5.73. The fourth-order valence-corrected chi connectivity index (χ4v) is 3.07. The van der Waals surface area contributed by atoms with Crippen LogP contribution in [0.1, 0.15) is 24.8 Å². The Hall–Kier alpha value is -2.28. The second-order valence-electron chi connectivity index (χ2n) is 5.99. The van der Waals surface area contributed by atoms with Crippen LogP contribution in [0.25, 0.3) is 0 Å². The SMILES string of the molecule is COCC1CC(NC(=O)O)CCC1NC(=O)OCc1ccccc1. The van der Waals surface area contributed by atoms with Gasteiger partial charge in [-0.1, -0.05) is 30.3 Å². The lowest BCUT2D eigenvalue weighted by Crippen LogP contribution is -2.50. The van der Waals surface area contributed by atoms with E-state index in [-0.39, 0.29) is 24.6 Å².